The number of thiazole rings is 1. The molecule has 2 heterocycles. The largest absolute Gasteiger partial charge is 0.338 e. The van der Waals surface area contributed by atoms with Crippen LogP contribution in [0.2, 0.25) is 0 Å². The van der Waals surface area contributed by atoms with Crippen molar-refractivity contribution >= 4 is 28.4 Å². The number of pyridine rings is 1. The van der Waals surface area contributed by atoms with Crippen molar-refractivity contribution in [2.45, 2.75) is 50.5 Å². The van der Waals surface area contributed by atoms with Gasteiger partial charge in [-0.15, -0.1) is 11.3 Å². The number of anilines is 1. The number of carbonyl (C=O) groups excluding carboxylic acids is 2. The van der Waals surface area contributed by atoms with Crippen molar-refractivity contribution < 1.29 is 9.59 Å². The molecule has 4 aliphatic rings. The van der Waals surface area contributed by atoms with Crippen LogP contribution in [-0.2, 0) is 4.79 Å². The van der Waals surface area contributed by atoms with Gasteiger partial charge in [0.05, 0.1) is 5.69 Å². The average Bonchev–Trinajstić information content (AvgIpc) is 3.15. The number of rotatable bonds is 6. The van der Waals surface area contributed by atoms with Crippen molar-refractivity contribution in [3.05, 3.63) is 29.8 Å². The molecule has 2 aromatic heterocycles. The number of urea groups is 1. The highest BCUT2D eigenvalue weighted by molar-refractivity contribution is 7.14. The third-order valence-electron chi connectivity index (χ3n) is 6.73. The molecule has 8 heteroatoms. The molecule has 0 unspecified atom stereocenters. The summed E-state index contributed by atoms with van der Waals surface area (Å²) in [5.41, 5.74) is 1.50. The van der Waals surface area contributed by atoms with Crippen LogP contribution in [-0.4, -0.2) is 34.0 Å². The van der Waals surface area contributed by atoms with Gasteiger partial charge in [0, 0.05) is 30.1 Å². The molecule has 3 amide bonds. The van der Waals surface area contributed by atoms with E-state index < -0.39 is 0 Å². The summed E-state index contributed by atoms with van der Waals surface area (Å²) in [6, 6.07) is 5.49. The van der Waals surface area contributed by atoms with Crippen LogP contribution >= 0.6 is 11.3 Å². The second kappa shape index (κ2) is 7.98. The Morgan fingerprint density at radius 3 is 2.47 bits per heavy atom. The number of aromatic nitrogens is 2. The van der Waals surface area contributed by atoms with Crippen LogP contribution in [0.25, 0.3) is 11.4 Å². The molecule has 4 bridgehead atoms. The van der Waals surface area contributed by atoms with E-state index in [0.29, 0.717) is 11.7 Å². The van der Waals surface area contributed by atoms with Gasteiger partial charge in [-0.05, 0) is 68.4 Å². The van der Waals surface area contributed by atoms with E-state index in [4.69, 9.17) is 0 Å². The Labute approximate surface area is 180 Å². The molecule has 0 radical (unpaired) electrons. The van der Waals surface area contributed by atoms with E-state index in [9.17, 15) is 9.59 Å². The van der Waals surface area contributed by atoms with Crippen LogP contribution in [0, 0.1) is 17.8 Å². The first-order valence-electron chi connectivity index (χ1n) is 10.8. The molecule has 4 fully saturated rings. The Balaban J connectivity index is 1.07. The minimum Gasteiger partial charge on any atom is -0.338 e. The van der Waals surface area contributed by atoms with E-state index in [1.165, 1.54) is 30.6 Å². The number of nitrogens with one attached hydrogen (secondary N) is 3. The molecule has 0 aliphatic heterocycles. The molecular weight excluding hydrogens is 398 g/mol. The van der Waals surface area contributed by atoms with Crippen LogP contribution in [0.4, 0.5) is 9.93 Å². The molecule has 0 saturated heterocycles. The quantitative estimate of drug-likeness (QED) is 0.656. The molecule has 0 spiro atoms. The number of nitrogens with zero attached hydrogens (tertiary/aromatic N) is 2. The van der Waals surface area contributed by atoms with Crippen LogP contribution in [0.3, 0.4) is 0 Å². The Kier molecular flexibility index (Phi) is 5.18. The van der Waals surface area contributed by atoms with Crippen LogP contribution < -0.4 is 16.0 Å². The number of carbonyl (C=O) groups is 2. The Morgan fingerprint density at radius 1 is 1.07 bits per heavy atom. The lowest BCUT2D eigenvalue weighted by atomic mass is 9.53. The van der Waals surface area contributed by atoms with Crippen LogP contribution in [0.1, 0.15) is 44.9 Å². The summed E-state index contributed by atoms with van der Waals surface area (Å²) in [6.45, 7) is 0.308. The fraction of sp³-hybridized carbons (Fsp3) is 0.545. The summed E-state index contributed by atoms with van der Waals surface area (Å²) in [5.74, 6) is 2.21. The normalized spacial score (nSPS) is 28.9. The van der Waals surface area contributed by atoms with Gasteiger partial charge >= 0.3 is 6.03 Å². The van der Waals surface area contributed by atoms with E-state index in [-0.39, 0.29) is 23.9 Å². The minimum absolute atomic E-state index is 0.0101. The molecule has 0 aromatic carbocycles. The van der Waals surface area contributed by atoms with Gasteiger partial charge in [0.2, 0.25) is 5.91 Å². The maximum Gasteiger partial charge on any atom is 0.315 e. The smallest absolute Gasteiger partial charge is 0.315 e. The van der Waals surface area contributed by atoms with Crippen molar-refractivity contribution in [1.29, 1.82) is 0 Å². The fourth-order valence-corrected chi connectivity index (χ4v) is 6.70. The van der Waals surface area contributed by atoms with Crippen molar-refractivity contribution in [3.8, 4) is 11.4 Å². The van der Waals surface area contributed by atoms with Gasteiger partial charge in [-0.2, -0.15) is 0 Å². The van der Waals surface area contributed by atoms with E-state index in [2.05, 4.69) is 25.9 Å². The predicted molar refractivity (Wildman–Crippen MR) is 116 cm³/mol. The fourth-order valence-electron chi connectivity index (χ4n) is 5.98. The standard InChI is InChI=1S/C22H27N5O2S/c28-19(26-21-25-18(13-30-21)17-3-1-2-5-23-17)4-6-24-20(29)27-22-10-14-7-15(11-22)9-16(8-14)12-22/h1-3,5,13-16H,4,6-12H2,(H2,24,27,29)(H,25,26,28). The highest BCUT2D eigenvalue weighted by Gasteiger charge is 2.51. The summed E-state index contributed by atoms with van der Waals surface area (Å²) in [5, 5.41) is 11.3. The zero-order valence-electron chi connectivity index (χ0n) is 16.9. The summed E-state index contributed by atoms with van der Waals surface area (Å²) >= 11 is 1.37. The highest BCUT2D eigenvalue weighted by atomic mass is 32.1. The van der Waals surface area contributed by atoms with E-state index in [0.717, 1.165) is 48.4 Å². The van der Waals surface area contributed by atoms with Crippen molar-refractivity contribution in [2.24, 2.45) is 17.8 Å². The summed E-state index contributed by atoms with van der Waals surface area (Å²) < 4.78 is 0. The SMILES string of the molecule is O=C(CCNC(=O)NC12CC3CC(CC(C3)C1)C2)Nc1nc(-c2ccccn2)cs1. The van der Waals surface area contributed by atoms with Crippen molar-refractivity contribution in [2.75, 3.05) is 11.9 Å². The van der Waals surface area contributed by atoms with Gasteiger partial charge in [-0.3, -0.25) is 9.78 Å². The van der Waals surface area contributed by atoms with Gasteiger partial charge in [0.15, 0.2) is 5.13 Å². The number of amides is 3. The van der Waals surface area contributed by atoms with Crippen molar-refractivity contribution in [1.82, 2.24) is 20.6 Å². The van der Waals surface area contributed by atoms with E-state index in [1.54, 1.807) is 6.20 Å². The van der Waals surface area contributed by atoms with Gasteiger partial charge in [0.25, 0.3) is 0 Å². The first-order chi connectivity index (χ1) is 14.6. The number of hydrogen-bond acceptors (Lipinski definition) is 5. The molecule has 4 aliphatic carbocycles. The molecule has 30 heavy (non-hydrogen) atoms. The highest BCUT2D eigenvalue weighted by Crippen LogP contribution is 2.55. The number of hydrogen-bond donors (Lipinski definition) is 3. The van der Waals surface area contributed by atoms with Crippen LogP contribution in [0.5, 0.6) is 0 Å². The maximum atomic E-state index is 12.5. The van der Waals surface area contributed by atoms with Crippen molar-refractivity contribution in [3.63, 3.8) is 0 Å². The first kappa shape index (κ1) is 19.5. The third kappa shape index (κ3) is 4.19. The summed E-state index contributed by atoms with van der Waals surface area (Å²) in [6.07, 6.45) is 9.34. The van der Waals surface area contributed by atoms with E-state index in [1.807, 2.05) is 23.6 Å². The summed E-state index contributed by atoms with van der Waals surface area (Å²) in [7, 11) is 0. The van der Waals surface area contributed by atoms with Crippen LogP contribution in [0.15, 0.2) is 29.8 Å². The molecule has 158 valence electrons. The monoisotopic (exact) mass is 425 g/mol. The molecular formula is C22H27N5O2S. The molecule has 0 atom stereocenters. The topological polar surface area (TPSA) is 96.0 Å². The zero-order chi connectivity index (χ0) is 20.6. The van der Waals surface area contributed by atoms with Gasteiger partial charge < -0.3 is 16.0 Å². The lowest BCUT2D eigenvalue weighted by molar-refractivity contribution is -0.116. The Bertz CT molecular complexity index is 893. The van der Waals surface area contributed by atoms with Gasteiger partial charge in [-0.1, -0.05) is 6.07 Å². The predicted octanol–water partition coefficient (Wildman–Crippen LogP) is 3.80. The third-order valence-corrected chi connectivity index (χ3v) is 7.49. The Hall–Kier alpha value is -2.48. The summed E-state index contributed by atoms with van der Waals surface area (Å²) in [4.78, 5) is 33.3. The molecule has 2 aromatic rings. The molecule has 7 nitrogen and oxygen atoms in total. The molecule has 6 rings (SSSR count). The maximum absolute atomic E-state index is 12.5. The molecule has 4 saturated carbocycles. The van der Waals surface area contributed by atoms with Gasteiger partial charge in [-0.25, -0.2) is 9.78 Å². The second-order valence-corrected chi connectivity index (χ2v) is 9.99. The Morgan fingerprint density at radius 2 is 1.80 bits per heavy atom. The lowest BCUT2D eigenvalue weighted by Gasteiger charge is -2.56. The molecule has 3 N–H and O–H groups in total. The minimum atomic E-state index is -0.160. The lowest BCUT2D eigenvalue weighted by Crippen LogP contribution is -2.61. The zero-order valence-corrected chi connectivity index (χ0v) is 17.7. The van der Waals surface area contributed by atoms with Gasteiger partial charge in [0.1, 0.15) is 5.69 Å². The second-order valence-electron chi connectivity index (χ2n) is 9.13. The van der Waals surface area contributed by atoms with E-state index >= 15 is 0 Å². The average molecular weight is 426 g/mol. The first-order valence-corrected chi connectivity index (χ1v) is 11.7.